The number of carbonyl (C=O) groups is 1. The minimum atomic E-state index is -0.391. The summed E-state index contributed by atoms with van der Waals surface area (Å²) >= 11 is 12.2. The molecule has 0 bridgehead atoms. The van der Waals surface area contributed by atoms with Crippen LogP contribution in [-0.4, -0.2) is 19.2 Å². The molecule has 5 nitrogen and oxygen atoms in total. The minimum absolute atomic E-state index is 0.381. The van der Waals surface area contributed by atoms with Gasteiger partial charge in [-0.25, -0.2) is 5.43 Å². The maximum atomic E-state index is 12.6. The topological polar surface area (TPSA) is 62.7 Å². The van der Waals surface area contributed by atoms with Crippen molar-refractivity contribution in [3.8, 4) is 5.75 Å². The maximum absolute atomic E-state index is 12.6. The fourth-order valence-electron chi connectivity index (χ4n) is 2.51. The molecule has 0 atom stereocenters. The molecule has 3 aromatic carbocycles. The number of anilines is 2. The lowest BCUT2D eigenvalue weighted by Crippen LogP contribution is -2.19. The monoisotopic (exact) mass is 413 g/mol. The van der Waals surface area contributed by atoms with Gasteiger partial charge in [0.25, 0.3) is 5.91 Å². The van der Waals surface area contributed by atoms with E-state index in [1.54, 1.807) is 37.4 Å². The highest BCUT2D eigenvalue weighted by atomic mass is 35.5. The average molecular weight is 414 g/mol. The summed E-state index contributed by atoms with van der Waals surface area (Å²) in [5, 5.41) is 8.22. The zero-order valence-electron chi connectivity index (χ0n) is 14.9. The van der Waals surface area contributed by atoms with Crippen LogP contribution in [0.3, 0.4) is 0 Å². The molecule has 1 amide bonds. The van der Waals surface area contributed by atoms with Crippen molar-refractivity contribution in [2.45, 2.75) is 0 Å². The standard InChI is InChI=1S/C21H17Cl2N3O2/c1-28-20-9-5-4-8-18(20)25-19-12-15(22)10-11-16(19)21(27)26-24-13-14-6-2-3-7-17(14)23/h2-13,25H,1H3,(H,26,27)/b24-13+. The highest BCUT2D eigenvalue weighted by Crippen LogP contribution is 2.30. The third kappa shape index (κ3) is 4.82. The predicted octanol–water partition coefficient (Wildman–Crippen LogP) is 5.51. The van der Waals surface area contributed by atoms with Gasteiger partial charge in [-0.1, -0.05) is 53.5 Å². The van der Waals surface area contributed by atoms with Gasteiger partial charge in [-0.15, -0.1) is 0 Å². The molecule has 2 N–H and O–H groups in total. The van der Waals surface area contributed by atoms with Crippen molar-refractivity contribution < 1.29 is 9.53 Å². The van der Waals surface area contributed by atoms with Gasteiger partial charge in [0, 0.05) is 15.6 Å². The Hall–Kier alpha value is -3.02. The van der Waals surface area contributed by atoms with Crippen molar-refractivity contribution in [3.05, 3.63) is 87.9 Å². The molecule has 0 aliphatic carbocycles. The van der Waals surface area contributed by atoms with Crippen molar-refractivity contribution in [1.29, 1.82) is 0 Å². The quantitative estimate of drug-likeness (QED) is 0.413. The predicted molar refractivity (Wildman–Crippen MR) is 114 cm³/mol. The average Bonchev–Trinajstić information content (AvgIpc) is 2.70. The van der Waals surface area contributed by atoms with Gasteiger partial charge in [-0.05, 0) is 36.4 Å². The first kappa shape index (κ1) is 19.7. The number of rotatable bonds is 6. The van der Waals surface area contributed by atoms with Crippen LogP contribution in [-0.2, 0) is 0 Å². The Labute approximate surface area is 172 Å². The molecule has 0 aromatic heterocycles. The highest BCUT2D eigenvalue weighted by Gasteiger charge is 2.13. The first-order chi connectivity index (χ1) is 13.6. The van der Waals surface area contributed by atoms with Crippen LogP contribution >= 0.6 is 23.2 Å². The lowest BCUT2D eigenvalue weighted by Gasteiger charge is -2.14. The van der Waals surface area contributed by atoms with E-state index in [-0.39, 0.29) is 0 Å². The molecule has 0 radical (unpaired) electrons. The molecule has 0 heterocycles. The van der Waals surface area contributed by atoms with E-state index < -0.39 is 5.91 Å². The molecular formula is C21H17Cl2N3O2. The van der Waals surface area contributed by atoms with Crippen LogP contribution in [0.2, 0.25) is 10.0 Å². The number of carbonyl (C=O) groups excluding carboxylic acids is 1. The van der Waals surface area contributed by atoms with Crippen LogP contribution in [0, 0.1) is 0 Å². The Kier molecular flexibility index (Phi) is 6.53. The van der Waals surface area contributed by atoms with Crippen LogP contribution < -0.4 is 15.5 Å². The third-order valence-electron chi connectivity index (χ3n) is 3.88. The lowest BCUT2D eigenvalue weighted by molar-refractivity contribution is 0.0956. The van der Waals surface area contributed by atoms with Gasteiger partial charge in [-0.3, -0.25) is 4.79 Å². The van der Waals surface area contributed by atoms with Crippen molar-refractivity contribution >= 4 is 46.7 Å². The van der Waals surface area contributed by atoms with Crippen LogP contribution in [0.25, 0.3) is 0 Å². The number of para-hydroxylation sites is 2. The molecular weight excluding hydrogens is 397 g/mol. The number of hydrazone groups is 1. The van der Waals surface area contributed by atoms with E-state index in [0.29, 0.717) is 38.3 Å². The number of hydrogen-bond acceptors (Lipinski definition) is 4. The molecule has 0 aliphatic rings. The second kappa shape index (κ2) is 9.26. The largest absolute Gasteiger partial charge is 0.495 e. The van der Waals surface area contributed by atoms with Gasteiger partial charge < -0.3 is 10.1 Å². The summed E-state index contributed by atoms with van der Waals surface area (Å²) in [7, 11) is 1.58. The Bertz CT molecular complexity index is 1020. The number of benzene rings is 3. The summed E-state index contributed by atoms with van der Waals surface area (Å²) < 4.78 is 5.34. The summed E-state index contributed by atoms with van der Waals surface area (Å²) in [6, 6.07) is 19.5. The summed E-state index contributed by atoms with van der Waals surface area (Å²) in [4.78, 5) is 12.6. The van der Waals surface area contributed by atoms with Crippen molar-refractivity contribution in [2.24, 2.45) is 5.10 Å². The van der Waals surface area contributed by atoms with E-state index in [1.165, 1.54) is 6.21 Å². The molecule has 7 heteroatoms. The van der Waals surface area contributed by atoms with Gasteiger partial charge in [0.1, 0.15) is 5.75 Å². The van der Waals surface area contributed by atoms with E-state index in [1.807, 2.05) is 36.4 Å². The van der Waals surface area contributed by atoms with Gasteiger partial charge in [0.15, 0.2) is 0 Å². The number of nitrogens with zero attached hydrogens (tertiary/aromatic N) is 1. The smallest absolute Gasteiger partial charge is 0.273 e. The molecule has 142 valence electrons. The second-order valence-corrected chi connectivity index (χ2v) is 6.58. The molecule has 0 saturated heterocycles. The molecule has 0 aliphatic heterocycles. The number of hydrogen-bond donors (Lipinski definition) is 2. The van der Waals surface area contributed by atoms with E-state index in [0.717, 1.165) is 0 Å². The van der Waals surface area contributed by atoms with Gasteiger partial charge in [0.2, 0.25) is 0 Å². The van der Waals surface area contributed by atoms with Crippen molar-refractivity contribution in [1.82, 2.24) is 5.43 Å². The number of ether oxygens (including phenoxy) is 1. The lowest BCUT2D eigenvalue weighted by atomic mass is 10.1. The first-order valence-corrected chi connectivity index (χ1v) is 9.11. The number of nitrogens with one attached hydrogen (secondary N) is 2. The van der Waals surface area contributed by atoms with Gasteiger partial charge >= 0.3 is 0 Å². The first-order valence-electron chi connectivity index (χ1n) is 8.36. The molecule has 0 fully saturated rings. The summed E-state index contributed by atoms with van der Waals surface area (Å²) in [5.74, 6) is 0.253. The van der Waals surface area contributed by atoms with Crippen LogP contribution in [0.15, 0.2) is 71.8 Å². The summed E-state index contributed by atoms with van der Waals surface area (Å²) in [5.41, 5.74) is 4.83. The normalized spacial score (nSPS) is 10.7. The Morgan fingerprint density at radius 1 is 1.00 bits per heavy atom. The Morgan fingerprint density at radius 3 is 2.54 bits per heavy atom. The molecule has 3 aromatic rings. The Morgan fingerprint density at radius 2 is 1.75 bits per heavy atom. The summed E-state index contributed by atoms with van der Waals surface area (Å²) in [6.45, 7) is 0. The fraction of sp³-hybridized carbons (Fsp3) is 0.0476. The minimum Gasteiger partial charge on any atom is -0.495 e. The number of methoxy groups -OCH3 is 1. The molecule has 0 unspecified atom stereocenters. The van der Waals surface area contributed by atoms with Crippen LogP contribution in [0.4, 0.5) is 11.4 Å². The zero-order valence-corrected chi connectivity index (χ0v) is 16.5. The zero-order chi connectivity index (χ0) is 19.9. The number of halogens is 2. The van der Waals surface area contributed by atoms with E-state index in [2.05, 4.69) is 15.8 Å². The third-order valence-corrected chi connectivity index (χ3v) is 4.46. The van der Waals surface area contributed by atoms with E-state index >= 15 is 0 Å². The fourth-order valence-corrected chi connectivity index (χ4v) is 2.87. The van der Waals surface area contributed by atoms with Crippen LogP contribution in [0.5, 0.6) is 5.75 Å². The second-order valence-electron chi connectivity index (χ2n) is 5.74. The maximum Gasteiger partial charge on any atom is 0.273 e. The molecule has 0 spiro atoms. The van der Waals surface area contributed by atoms with Gasteiger partial charge in [0.05, 0.1) is 30.3 Å². The molecule has 0 saturated carbocycles. The van der Waals surface area contributed by atoms with E-state index in [9.17, 15) is 4.79 Å². The molecule has 28 heavy (non-hydrogen) atoms. The Balaban J connectivity index is 1.82. The van der Waals surface area contributed by atoms with E-state index in [4.69, 9.17) is 27.9 Å². The van der Waals surface area contributed by atoms with Crippen molar-refractivity contribution in [2.75, 3.05) is 12.4 Å². The molecule has 3 rings (SSSR count). The van der Waals surface area contributed by atoms with Crippen LogP contribution in [0.1, 0.15) is 15.9 Å². The number of amides is 1. The SMILES string of the molecule is COc1ccccc1Nc1cc(Cl)ccc1C(=O)N/N=C/c1ccccc1Cl. The summed E-state index contributed by atoms with van der Waals surface area (Å²) in [6.07, 6.45) is 1.49. The van der Waals surface area contributed by atoms with Gasteiger partial charge in [-0.2, -0.15) is 5.10 Å². The highest BCUT2D eigenvalue weighted by molar-refractivity contribution is 6.33. The van der Waals surface area contributed by atoms with Crippen molar-refractivity contribution in [3.63, 3.8) is 0 Å².